The summed E-state index contributed by atoms with van der Waals surface area (Å²) in [6, 6.07) is 21.5. The van der Waals surface area contributed by atoms with Crippen LogP contribution in [0.1, 0.15) is 170 Å². The maximum absolute atomic E-state index is 13.4. The van der Waals surface area contributed by atoms with Gasteiger partial charge in [-0.3, -0.25) is 30.0 Å². The molecule has 2 heterocycles. The summed E-state index contributed by atoms with van der Waals surface area (Å²) >= 11 is 3.53. The number of nitrogens with two attached hydrogens (primary N) is 1. The number of rotatable bonds is 9. The molecule has 6 rings (SSSR count). The highest BCUT2D eigenvalue weighted by Crippen LogP contribution is 2.37. The molecular weight excluding hydrogens is 976 g/mol. The van der Waals surface area contributed by atoms with Crippen molar-refractivity contribution in [3.05, 3.63) is 128 Å². The quantitative estimate of drug-likeness (QED) is 0.0624. The summed E-state index contributed by atoms with van der Waals surface area (Å²) in [6.45, 7) is 30.9. The van der Waals surface area contributed by atoms with Crippen LogP contribution in [0, 0.1) is 27.7 Å². The first-order chi connectivity index (χ1) is 33.5. The summed E-state index contributed by atoms with van der Waals surface area (Å²) in [7, 11) is -0.772. The number of amides is 4. The van der Waals surface area contributed by atoms with Crippen molar-refractivity contribution in [1.29, 1.82) is 0 Å². The Hall–Kier alpha value is -4.87. The number of carbonyl (C=O) groups excluding carboxylic acids is 4. The van der Waals surface area contributed by atoms with Crippen LogP contribution >= 0.6 is 15.9 Å². The van der Waals surface area contributed by atoms with Crippen molar-refractivity contribution in [2.45, 2.75) is 157 Å². The van der Waals surface area contributed by atoms with E-state index >= 15 is 0 Å². The Morgan fingerprint density at radius 1 is 0.653 bits per heavy atom. The molecule has 2 fully saturated rings. The van der Waals surface area contributed by atoms with E-state index in [1.807, 2.05) is 134 Å². The Kier molecular flexibility index (Phi) is 22.5. The number of hydrazine groups is 2. The van der Waals surface area contributed by atoms with Crippen molar-refractivity contribution in [2.24, 2.45) is 5.73 Å². The first-order valence-corrected chi connectivity index (χ1v) is 25.8. The van der Waals surface area contributed by atoms with E-state index in [-0.39, 0.29) is 23.3 Å². The second-order valence-electron chi connectivity index (χ2n) is 21.2. The molecule has 0 aromatic heterocycles. The maximum atomic E-state index is 13.4. The number of carbonyl (C=O) groups is 4. The first kappa shape index (κ1) is 61.4. The number of halogens is 1. The van der Waals surface area contributed by atoms with Gasteiger partial charge in [0, 0.05) is 40.8 Å². The number of benzene rings is 4. The number of aryl methyl sites for hydroxylation is 5. The molecule has 0 aliphatic carbocycles. The van der Waals surface area contributed by atoms with Crippen molar-refractivity contribution in [3.63, 3.8) is 0 Å². The fraction of sp³-hybridized carbons (Fsp3) is 0.491. The molecule has 4 aromatic rings. The molecule has 4 aromatic carbocycles. The highest BCUT2D eigenvalue weighted by atomic mass is 79.9. The van der Waals surface area contributed by atoms with Gasteiger partial charge in [0.2, 0.25) is 0 Å². The average molecular weight is 1060 g/mol. The van der Waals surface area contributed by atoms with Crippen molar-refractivity contribution in [3.8, 4) is 0 Å². The van der Waals surface area contributed by atoms with E-state index in [2.05, 4.69) is 32.5 Å². The number of hydrogen-bond acceptors (Lipinski definition) is 10. The highest BCUT2D eigenvalue weighted by Gasteiger charge is 2.52. The van der Waals surface area contributed by atoms with Crippen LogP contribution < -0.4 is 27.5 Å². The van der Waals surface area contributed by atoms with Gasteiger partial charge in [-0.25, -0.2) is 10.0 Å². The van der Waals surface area contributed by atoms with E-state index in [4.69, 9.17) is 14.0 Å². The smallest absolute Gasteiger partial charge is 0.423 e. The minimum Gasteiger partial charge on any atom is -0.423 e. The van der Waals surface area contributed by atoms with Crippen LogP contribution in [-0.4, -0.2) is 100 Å². The summed E-state index contributed by atoms with van der Waals surface area (Å²) in [4.78, 5) is 53.0. The number of alkyl halides is 1. The predicted molar refractivity (Wildman–Crippen MR) is 294 cm³/mol. The van der Waals surface area contributed by atoms with Crippen molar-refractivity contribution in [2.75, 3.05) is 20.3 Å². The molecule has 392 valence electrons. The third kappa shape index (κ3) is 16.8. The van der Waals surface area contributed by atoms with Crippen molar-refractivity contribution in [1.82, 2.24) is 20.9 Å². The molecule has 2 aliphatic rings. The first-order valence-electron chi connectivity index (χ1n) is 24.7. The molecule has 4 amide bonds. The molecule has 0 bridgehead atoms. The Morgan fingerprint density at radius 2 is 1.04 bits per heavy atom. The zero-order valence-corrected chi connectivity index (χ0v) is 47.2. The van der Waals surface area contributed by atoms with Crippen molar-refractivity contribution >= 4 is 64.7 Å². The summed E-state index contributed by atoms with van der Waals surface area (Å²) in [5.41, 5.74) is 16.2. The summed E-state index contributed by atoms with van der Waals surface area (Å²) in [5, 5.41) is 22.7. The van der Waals surface area contributed by atoms with Gasteiger partial charge in [0.25, 0.3) is 23.6 Å². The Morgan fingerprint density at radius 3 is 1.38 bits per heavy atom. The normalized spacial score (nSPS) is 14.6. The molecule has 0 atom stereocenters. The minimum absolute atomic E-state index is 0.250. The molecule has 0 radical (unpaired) electrons. The van der Waals surface area contributed by atoms with Gasteiger partial charge < -0.3 is 29.8 Å². The summed E-state index contributed by atoms with van der Waals surface area (Å²) in [5.74, 6) is -1.45. The van der Waals surface area contributed by atoms with E-state index in [0.29, 0.717) is 33.9 Å². The standard InChI is InChI=1S/C27H36BBrN2O4.C23H31BN2O4.C4H8O.CH5N/c1-17-12-18(2)14-21(13-17)24(33)31(25(3,4)5)30-23(32)19-10-11-20(16-29)22(15-19)28-34-26(6,7)27(8,9)35-28;1-7-8-17-9-10-18(14-20(17)24(29)30)21(27)25-26(23(4,5)6)22(28)19-12-15(2)11-16(3)13-19;1-2-4-5-3-1;1-2/h10-15H,16H2,1-9H3,(H,30,32);9-14,29-30H,7-8H2,1-6H3,(H,25,27);1-4H2;2H2,1H3. The Labute approximate surface area is 438 Å². The van der Waals surface area contributed by atoms with Crippen LogP contribution in [0.25, 0.3) is 0 Å². The van der Waals surface area contributed by atoms with Gasteiger partial charge in [-0.05, 0) is 194 Å². The van der Waals surface area contributed by atoms with Crippen LogP contribution in [0.4, 0.5) is 0 Å². The van der Waals surface area contributed by atoms with Crippen molar-refractivity contribution < 1.29 is 43.3 Å². The average Bonchev–Trinajstić information content (AvgIpc) is 3.95. The Balaban J connectivity index is 0.000000338. The molecule has 2 saturated heterocycles. The molecule has 2 aliphatic heterocycles. The van der Waals surface area contributed by atoms with Gasteiger partial charge >= 0.3 is 14.2 Å². The van der Waals surface area contributed by atoms with Gasteiger partial charge in [0.1, 0.15) is 0 Å². The lowest BCUT2D eigenvalue weighted by Gasteiger charge is -2.35. The summed E-state index contributed by atoms with van der Waals surface area (Å²) in [6.07, 6.45) is 4.07. The van der Waals surface area contributed by atoms with Gasteiger partial charge in [-0.2, -0.15) is 0 Å². The van der Waals surface area contributed by atoms with Crippen LogP contribution in [0.3, 0.4) is 0 Å². The van der Waals surface area contributed by atoms with Gasteiger partial charge in [0.05, 0.1) is 22.3 Å². The molecule has 17 heteroatoms. The van der Waals surface area contributed by atoms with Gasteiger partial charge in [-0.15, -0.1) is 0 Å². The topological polar surface area (TPSA) is 193 Å². The summed E-state index contributed by atoms with van der Waals surface area (Å²) < 4.78 is 17.4. The fourth-order valence-corrected chi connectivity index (χ4v) is 8.37. The molecule has 0 saturated carbocycles. The highest BCUT2D eigenvalue weighted by molar-refractivity contribution is 9.08. The molecular formula is C55H80B2BrN5O9. The van der Waals surface area contributed by atoms with Crippen LogP contribution in [0.2, 0.25) is 0 Å². The molecule has 6 N–H and O–H groups in total. The molecule has 14 nitrogen and oxygen atoms in total. The lowest BCUT2D eigenvalue weighted by Crippen LogP contribution is -2.56. The lowest BCUT2D eigenvalue weighted by molar-refractivity contribution is 0.00578. The second kappa shape index (κ2) is 26.4. The fourth-order valence-electron chi connectivity index (χ4n) is 7.86. The van der Waals surface area contributed by atoms with Crippen LogP contribution in [-0.2, 0) is 25.8 Å². The third-order valence-electron chi connectivity index (χ3n) is 12.2. The largest absolute Gasteiger partial charge is 0.495 e. The maximum Gasteiger partial charge on any atom is 0.495 e. The number of ether oxygens (including phenoxy) is 1. The van der Waals surface area contributed by atoms with Crippen LogP contribution in [0.5, 0.6) is 0 Å². The third-order valence-corrected chi connectivity index (χ3v) is 12.8. The van der Waals surface area contributed by atoms with E-state index < -0.39 is 42.4 Å². The predicted octanol–water partition coefficient (Wildman–Crippen LogP) is 7.98. The van der Waals surface area contributed by atoms with Gasteiger partial charge in [0.15, 0.2) is 0 Å². The zero-order valence-electron chi connectivity index (χ0n) is 45.6. The van der Waals surface area contributed by atoms with E-state index in [0.717, 1.165) is 58.5 Å². The molecule has 0 unspecified atom stereocenters. The number of hydrogen-bond donors (Lipinski definition) is 5. The lowest BCUT2D eigenvalue weighted by atomic mass is 9.75. The monoisotopic (exact) mass is 1060 g/mol. The SMILES string of the molecule is C1CCOC1.CCCc1ccc(C(=O)NN(C(=O)c2cc(C)cc(C)c2)C(C)(C)C)cc1B(O)O.CN.Cc1cc(C)cc(C(=O)N(NC(=O)c2ccc(CBr)c(B3OC(C)(C)C(C)(C)O3)c2)C(C)(C)C)c1. The van der Waals surface area contributed by atoms with Gasteiger partial charge in [-0.1, -0.05) is 75.8 Å². The Bertz CT molecular complexity index is 2440. The second-order valence-corrected chi connectivity index (χ2v) is 21.8. The van der Waals surface area contributed by atoms with Crippen LogP contribution in [0.15, 0.2) is 72.8 Å². The number of nitrogens with one attached hydrogen (secondary N) is 2. The number of nitrogens with zero attached hydrogens (tertiary/aromatic N) is 2. The molecule has 72 heavy (non-hydrogen) atoms. The molecule has 0 spiro atoms. The van der Waals surface area contributed by atoms with E-state index in [9.17, 15) is 29.2 Å². The minimum atomic E-state index is -1.67. The van der Waals surface area contributed by atoms with E-state index in [1.165, 1.54) is 36.0 Å². The zero-order chi connectivity index (χ0) is 54.5. The van der Waals surface area contributed by atoms with E-state index in [1.54, 1.807) is 36.4 Å².